The van der Waals surface area contributed by atoms with Gasteiger partial charge in [-0.1, -0.05) is 59.6 Å². The first-order chi connectivity index (χ1) is 13.6. The SMILES string of the molecule is Fc1cccc(Cl)c1[C@H]1Oc2ccc(Cl)cc2[C@@H]2CC(c3ccccc3)=NN12. The Balaban J connectivity index is 1.66. The van der Waals surface area contributed by atoms with Crippen LogP contribution in [-0.4, -0.2) is 10.7 Å². The van der Waals surface area contributed by atoms with Crippen LogP contribution in [0.2, 0.25) is 10.0 Å². The quantitative estimate of drug-likeness (QED) is 0.487. The molecule has 3 aromatic carbocycles. The van der Waals surface area contributed by atoms with Gasteiger partial charge in [0.25, 0.3) is 0 Å². The molecule has 0 radical (unpaired) electrons. The maximum Gasteiger partial charge on any atom is 0.218 e. The molecule has 2 aliphatic heterocycles. The van der Waals surface area contributed by atoms with E-state index in [1.807, 2.05) is 42.5 Å². The van der Waals surface area contributed by atoms with Crippen LogP contribution in [0.25, 0.3) is 0 Å². The highest BCUT2D eigenvalue weighted by atomic mass is 35.5. The van der Waals surface area contributed by atoms with Gasteiger partial charge in [0.15, 0.2) is 0 Å². The van der Waals surface area contributed by atoms with Crippen LogP contribution in [0.4, 0.5) is 4.39 Å². The smallest absolute Gasteiger partial charge is 0.218 e. The molecule has 140 valence electrons. The third-order valence-electron chi connectivity index (χ3n) is 5.11. The molecule has 28 heavy (non-hydrogen) atoms. The van der Waals surface area contributed by atoms with E-state index < -0.39 is 12.0 Å². The topological polar surface area (TPSA) is 24.8 Å². The van der Waals surface area contributed by atoms with Crippen LogP contribution in [-0.2, 0) is 0 Å². The van der Waals surface area contributed by atoms with Crippen LogP contribution >= 0.6 is 23.2 Å². The van der Waals surface area contributed by atoms with Gasteiger partial charge in [-0.25, -0.2) is 9.40 Å². The maximum absolute atomic E-state index is 14.7. The van der Waals surface area contributed by atoms with Crippen LogP contribution in [0.5, 0.6) is 5.75 Å². The van der Waals surface area contributed by atoms with Gasteiger partial charge in [-0.2, -0.15) is 5.10 Å². The zero-order valence-electron chi connectivity index (χ0n) is 14.6. The molecule has 5 rings (SSSR count). The van der Waals surface area contributed by atoms with Crippen LogP contribution < -0.4 is 4.74 Å². The van der Waals surface area contributed by atoms with Crippen LogP contribution in [0.15, 0.2) is 71.8 Å². The van der Waals surface area contributed by atoms with Gasteiger partial charge in [0.1, 0.15) is 11.6 Å². The van der Waals surface area contributed by atoms with Gasteiger partial charge < -0.3 is 4.74 Å². The van der Waals surface area contributed by atoms with Gasteiger partial charge in [-0.15, -0.1) is 0 Å². The molecule has 2 aliphatic rings. The van der Waals surface area contributed by atoms with Crippen LogP contribution in [0.1, 0.15) is 35.4 Å². The second-order valence-electron chi connectivity index (χ2n) is 6.80. The van der Waals surface area contributed by atoms with Gasteiger partial charge >= 0.3 is 0 Å². The molecule has 2 heterocycles. The minimum absolute atomic E-state index is 0.113. The van der Waals surface area contributed by atoms with Crippen molar-refractivity contribution in [3.63, 3.8) is 0 Å². The third-order valence-corrected chi connectivity index (χ3v) is 5.67. The van der Waals surface area contributed by atoms with Crippen LogP contribution in [0, 0.1) is 5.82 Å². The Morgan fingerprint density at radius 2 is 1.82 bits per heavy atom. The lowest BCUT2D eigenvalue weighted by atomic mass is 9.96. The monoisotopic (exact) mass is 412 g/mol. The number of fused-ring (bicyclic) bond motifs is 3. The molecule has 0 saturated heterocycles. The molecule has 0 spiro atoms. The minimum atomic E-state index is -0.756. The number of hydrazone groups is 1. The van der Waals surface area contributed by atoms with Crippen molar-refractivity contribution in [1.82, 2.24) is 5.01 Å². The molecule has 3 nitrogen and oxygen atoms in total. The van der Waals surface area contributed by atoms with E-state index in [0.717, 1.165) is 16.8 Å². The first-order valence-electron chi connectivity index (χ1n) is 8.93. The van der Waals surface area contributed by atoms with Gasteiger partial charge in [0, 0.05) is 17.0 Å². The number of ether oxygens (including phenoxy) is 1. The Hall–Kier alpha value is -2.56. The molecule has 3 aromatic rings. The Bertz CT molecular complexity index is 1070. The highest BCUT2D eigenvalue weighted by molar-refractivity contribution is 6.31. The summed E-state index contributed by atoms with van der Waals surface area (Å²) < 4.78 is 20.9. The number of benzene rings is 3. The molecule has 0 bridgehead atoms. The zero-order valence-corrected chi connectivity index (χ0v) is 16.2. The summed E-state index contributed by atoms with van der Waals surface area (Å²) in [5.74, 6) is 0.247. The first-order valence-corrected chi connectivity index (χ1v) is 9.68. The lowest BCUT2D eigenvalue weighted by Crippen LogP contribution is -2.34. The van der Waals surface area contributed by atoms with Crippen molar-refractivity contribution in [3.8, 4) is 5.75 Å². The molecule has 0 fully saturated rings. The van der Waals surface area contributed by atoms with Gasteiger partial charge in [-0.05, 0) is 35.9 Å². The Morgan fingerprint density at radius 1 is 1.00 bits per heavy atom. The lowest BCUT2D eigenvalue weighted by molar-refractivity contribution is -0.0211. The molecule has 0 saturated carbocycles. The van der Waals surface area contributed by atoms with E-state index >= 15 is 0 Å². The first kappa shape index (κ1) is 17.5. The van der Waals surface area contributed by atoms with Gasteiger partial charge in [-0.3, -0.25) is 0 Å². The van der Waals surface area contributed by atoms with Crippen molar-refractivity contribution in [2.24, 2.45) is 5.10 Å². The highest BCUT2D eigenvalue weighted by Gasteiger charge is 2.42. The molecule has 0 N–H and O–H groups in total. The number of halogens is 3. The van der Waals surface area contributed by atoms with Crippen molar-refractivity contribution in [3.05, 3.63) is 99.3 Å². The molecule has 0 aromatic heterocycles. The predicted octanol–water partition coefficient (Wildman–Crippen LogP) is 6.37. The maximum atomic E-state index is 14.7. The Labute approximate surface area is 172 Å². The van der Waals surface area contributed by atoms with Gasteiger partial charge in [0.05, 0.1) is 22.3 Å². The summed E-state index contributed by atoms with van der Waals surface area (Å²) in [7, 11) is 0. The fourth-order valence-electron chi connectivity index (χ4n) is 3.80. The van der Waals surface area contributed by atoms with Crippen molar-refractivity contribution in [2.45, 2.75) is 18.7 Å². The molecular formula is C22H15Cl2FN2O. The molecule has 0 aliphatic carbocycles. The van der Waals surface area contributed by atoms with Gasteiger partial charge in [0.2, 0.25) is 6.23 Å². The van der Waals surface area contributed by atoms with Crippen LogP contribution in [0.3, 0.4) is 0 Å². The average molecular weight is 413 g/mol. The van der Waals surface area contributed by atoms with E-state index in [9.17, 15) is 4.39 Å². The molecular weight excluding hydrogens is 398 g/mol. The number of hydrogen-bond donors (Lipinski definition) is 0. The highest BCUT2D eigenvalue weighted by Crippen LogP contribution is 2.49. The summed E-state index contributed by atoms with van der Waals surface area (Å²) >= 11 is 12.6. The Kier molecular flexibility index (Phi) is 4.26. The minimum Gasteiger partial charge on any atom is -0.464 e. The molecule has 6 heteroatoms. The van der Waals surface area contributed by atoms with E-state index in [4.69, 9.17) is 33.0 Å². The second kappa shape index (κ2) is 6.80. The van der Waals surface area contributed by atoms with E-state index in [0.29, 0.717) is 22.2 Å². The average Bonchev–Trinajstić information content (AvgIpc) is 3.15. The standard InChI is InChI=1S/C22H15Cl2FN2O/c23-14-9-10-20-15(11-14)19-12-18(13-5-2-1-3-6-13)26-27(19)22(28-20)21-16(24)7-4-8-17(21)25/h1-11,19,22H,12H2/t19-,22+/m0/s1. The lowest BCUT2D eigenvalue weighted by Gasteiger charge is -2.38. The molecule has 2 atom stereocenters. The largest absolute Gasteiger partial charge is 0.464 e. The molecule has 0 amide bonds. The molecule has 0 unspecified atom stereocenters. The van der Waals surface area contributed by atoms with E-state index in [2.05, 4.69) is 0 Å². The number of rotatable bonds is 2. The summed E-state index contributed by atoms with van der Waals surface area (Å²) in [6, 6.07) is 19.9. The Morgan fingerprint density at radius 3 is 2.61 bits per heavy atom. The summed E-state index contributed by atoms with van der Waals surface area (Å²) in [5, 5.41) is 7.54. The normalized spacial score (nSPS) is 20.2. The summed E-state index contributed by atoms with van der Waals surface area (Å²) in [6.07, 6.45) is -0.0860. The van der Waals surface area contributed by atoms with E-state index in [-0.39, 0.29) is 11.6 Å². The van der Waals surface area contributed by atoms with E-state index in [1.165, 1.54) is 6.07 Å². The fraction of sp³-hybridized carbons (Fsp3) is 0.136. The number of nitrogens with zero attached hydrogens (tertiary/aromatic N) is 2. The fourth-order valence-corrected chi connectivity index (χ4v) is 4.24. The van der Waals surface area contributed by atoms with E-state index in [1.54, 1.807) is 23.2 Å². The predicted molar refractivity (Wildman–Crippen MR) is 108 cm³/mol. The summed E-state index contributed by atoms with van der Waals surface area (Å²) in [4.78, 5) is 0. The zero-order chi connectivity index (χ0) is 19.3. The van der Waals surface area contributed by atoms with Crippen molar-refractivity contribution in [1.29, 1.82) is 0 Å². The third kappa shape index (κ3) is 2.84. The van der Waals surface area contributed by atoms with Crippen molar-refractivity contribution in [2.75, 3.05) is 0 Å². The second-order valence-corrected chi connectivity index (χ2v) is 7.64. The van der Waals surface area contributed by atoms with Crippen molar-refractivity contribution >= 4 is 28.9 Å². The van der Waals surface area contributed by atoms with Crippen molar-refractivity contribution < 1.29 is 9.13 Å². The number of hydrogen-bond acceptors (Lipinski definition) is 3. The summed E-state index contributed by atoms with van der Waals surface area (Å²) in [6.45, 7) is 0. The summed E-state index contributed by atoms with van der Waals surface area (Å²) in [5.41, 5.74) is 3.16.